The predicted molar refractivity (Wildman–Crippen MR) is 121 cm³/mol. The monoisotopic (exact) mass is 446 g/mol. The van der Waals surface area contributed by atoms with E-state index in [-0.39, 0.29) is 23.7 Å². The van der Waals surface area contributed by atoms with Gasteiger partial charge in [0.25, 0.3) is 0 Å². The van der Waals surface area contributed by atoms with Gasteiger partial charge in [0.2, 0.25) is 11.8 Å². The number of halogens is 2. The van der Waals surface area contributed by atoms with Crippen molar-refractivity contribution in [2.75, 3.05) is 5.88 Å². The molecule has 2 aromatic rings. The highest BCUT2D eigenvalue weighted by Crippen LogP contribution is 2.28. The zero-order chi connectivity index (χ0) is 21.5. The molecule has 0 spiro atoms. The number of hydrogen-bond donors (Lipinski definition) is 1. The van der Waals surface area contributed by atoms with Gasteiger partial charge in [-0.25, -0.2) is 0 Å². The second-order valence-electron chi connectivity index (χ2n) is 8.06. The maximum atomic E-state index is 13.4. The van der Waals surface area contributed by atoms with Crippen molar-refractivity contribution in [1.82, 2.24) is 10.2 Å². The van der Waals surface area contributed by atoms with Crippen LogP contribution in [0.1, 0.15) is 49.8 Å². The van der Waals surface area contributed by atoms with E-state index in [1.54, 1.807) is 29.2 Å². The first-order chi connectivity index (χ1) is 14.5. The Labute approximate surface area is 188 Å². The van der Waals surface area contributed by atoms with Crippen molar-refractivity contribution in [1.29, 1.82) is 0 Å². The Kier molecular flexibility index (Phi) is 8.17. The summed E-state index contributed by atoms with van der Waals surface area (Å²) in [5.41, 5.74) is 1.66. The van der Waals surface area contributed by atoms with E-state index in [9.17, 15) is 9.59 Å². The van der Waals surface area contributed by atoms with E-state index in [1.165, 1.54) is 0 Å². The summed E-state index contributed by atoms with van der Waals surface area (Å²) in [7, 11) is 0. The summed E-state index contributed by atoms with van der Waals surface area (Å²) in [4.78, 5) is 27.8. The fourth-order valence-electron chi connectivity index (χ4n) is 3.98. The Morgan fingerprint density at radius 3 is 2.27 bits per heavy atom. The normalized spacial score (nSPS) is 19.7. The van der Waals surface area contributed by atoms with Crippen LogP contribution in [-0.4, -0.2) is 28.6 Å². The van der Waals surface area contributed by atoms with Crippen molar-refractivity contribution in [3.05, 3.63) is 70.7 Å². The minimum atomic E-state index is -0.770. The summed E-state index contributed by atoms with van der Waals surface area (Å²) in [6, 6.07) is 16.1. The number of nitrogens with one attached hydrogen (secondary N) is 1. The molecule has 2 amide bonds. The van der Waals surface area contributed by atoms with Crippen molar-refractivity contribution in [3.63, 3.8) is 0 Å². The van der Waals surface area contributed by atoms with E-state index in [0.717, 1.165) is 36.8 Å². The van der Waals surface area contributed by atoms with Gasteiger partial charge in [-0.15, -0.1) is 11.6 Å². The molecule has 1 saturated carbocycles. The van der Waals surface area contributed by atoms with Crippen LogP contribution in [0.4, 0.5) is 0 Å². The maximum absolute atomic E-state index is 13.4. The summed E-state index contributed by atoms with van der Waals surface area (Å²) in [6.07, 6.45) is 4.13. The van der Waals surface area contributed by atoms with Crippen molar-refractivity contribution >= 4 is 35.0 Å². The fourth-order valence-corrected chi connectivity index (χ4v) is 4.26. The average Bonchev–Trinajstić information content (AvgIpc) is 2.76. The predicted octanol–water partition coefficient (Wildman–Crippen LogP) is 5.34. The number of nitrogens with zero attached hydrogens (tertiary/aromatic N) is 1. The van der Waals surface area contributed by atoms with Crippen LogP contribution in [0.3, 0.4) is 0 Å². The van der Waals surface area contributed by atoms with Gasteiger partial charge in [0.15, 0.2) is 0 Å². The molecule has 30 heavy (non-hydrogen) atoms. The van der Waals surface area contributed by atoms with Crippen LogP contribution in [0.15, 0.2) is 54.6 Å². The molecule has 1 aliphatic carbocycles. The van der Waals surface area contributed by atoms with E-state index in [0.29, 0.717) is 17.5 Å². The number of amides is 2. The van der Waals surface area contributed by atoms with Gasteiger partial charge in [-0.1, -0.05) is 61.0 Å². The van der Waals surface area contributed by atoms with E-state index >= 15 is 0 Å². The first-order valence-electron chi connectivity index (χ1n) is 10.4. The van der Waals surface area contributed by atoms with E-state index in [4.69, 9.17) is 23.2 Å². The topological polar surface area (TPSA) is 49.4 Å². The standard InChI is InChI=1S/C24H28Cl2N2O2/c1-17-7-13-21(14-8-17)27-24(30)23(19-9-11-20(26)12-10-19)28(22(29)15-25)16-18-5-3-2-4-6-18/h2-6,9-12,17,21,23H,7-8,13-16H2,1H3,(H,27,30). The van der Waals surface area contributed by atoms with Crippen LogP contribution in [0.25, 0.3) is 0 Å². The highest BCUT2D eigenvalue weighted by atomic mass is 35.5. The van der Waals surface area contributed by atoms with Gasteiger partial charge < -0.3 is 10.2 Å². The molecule has 1 unspecified atom stereocenters. The van der Waals surface area contributed by atoms with Crippen LogP contribution >= 0.6 is 23.2 Å². The number of benzene rings is 2. The Bertz CT molecular complexity index is 834. The average molecular weight is 447 g/mol. The van der Waals surface area contributed by atoms with Gasteiger partial charge >= 0.3 is 0 Å². The quantitative estimate of drug-likeness (QED) is 0.583. The highest BCUT2D eigenvalue weighted by molar-refractivity contribution is 6.30. The molecular formula is C24H28Cl2N2O2. The molecule has 1 N–H and O–H groups in total. The van der Waals surface area contributed by atoms with Crippen molar-refractivity contribution in [2.24, 2.45) is 5.92 Å². The third-order valence-electron chi connectivity index (χ3n) is 5.74. The zero-order valence-corrected chi connectivity index (χ0v) is 18.7. The lowest BCUT2D eigenvalue weighted by Gasteiger charge is -2.34. The Balaban J connectivity index is 1.90. The van der Waals surface area contributed by atoms with Gasteiger partial charge in [0, 0.05) is 17.6 Å². The SMILES string of the molecule is CC1CCC(NC(=O)C(c2ccc(Cl)cc2)N(Cc2ccccc2)C(=O)CCl)CC1. The molecule has 3 rings (SSSR count). The summed E-state index contributed by atoms with van der Waals surface area (Å²) >= 11 is 12.0. The van der Waals surface area contributed by atoms with Crippen molar-refractivity contribution in [2.45, 2.75) is 51.2 Å². The van der Waals surface area contributed by atoms with E-state index < -0.39 is 6.04 Å². The molecule has 160 valence electrons. The second-order valence-corrected chi connectivity index (χ2v) is 8.76. The Morgan fingerprint density at radius 1 is 1.03 bits per heavy atom. The largest absolute Gasteiger partial charge is 0.351 e. The third-order valence-corrected chi connectivity index (χ3v) is 6.22. The van der Waals surface area contributed by atoms with Crippen LogP contribution in [-0.2, 0) is 16.1 Å². The lowest BCUT2D eigenvalue weighted by Crippen LogP contribution is -2.47. The molecule has 0 saturated heterocycles. The number of hydrogen-bond acceptors (Lipinski definition) is 2. The van der Waals surface area contributed by atoms with Crippen LogP contribution < -0.4 is 5.32 Å². The lowest BCUT2D eigenvalue weighted by atomic mass is 9.87. The van der Waals surface area contributed by atoms with Crippen LogP contribution in [0.2, 0.25) is 5.02 Å². The number of carbonyl (C=O) groups excluding carboxylic acids is 2. The van der Waals surface area contributed by atoms with Gasteiger partial charge in [-0.05, 0) is 54.9 Å². The molecule has 0 radical (unpaired) electrons. The highest BCUT2D eigenvalue weighted by Gasteiger charge is 2.33. The van der Waals surface area contributed by atoms with Crippen LogP contribution in [0.5, 0.6) is 0 Å². The van der Waals surface area contributed by atoms with Crippen LogP contribution in [0, 0.1) is 5.92 Å². The minimum absolute atomic E-state index is 0.133. The minimum Gasteiger partial charge on any atom is -0.351 e. The summed E-state index contributed by atoms with van der Waals surface area (Å²) in [5, 5.41) is 3.77. The molecule has 1 atom stereocenters. The number of carbonyl (C=O) groups is 2. The number of rotatable bonds is 7. The maximum Gasteiger partial charge on any atom is 0.247 e. The molecule has 0 aliphatic heterocycles. The fraction of sp³-hybridized carbons (Fsp3) is 0.417. The molecule has 0 heterocycles. The van der Waals surface area contributed by atoms with Gasteiger partial charge in [0.05, 0.1) is 0 Å². The van der Waals surface area contributed by atoms with E-state index in [2.05, 4.69) is 12.2 Å². The summed E-state index contributed by atoms with van der Waals surface area (Å²) in [6.45, 7) is 2.55. The van der Waals surface area contributed by atoms with Crippen molar-refractivity contribution < 1.29 is 9.59 Å². The van der Waals surface area contributed by atoms with Gasteiger partial charge in [-0.2, -0.15) is 0 Å². The molecule has 1 fully saturated rings. The first kappa shape index (κ1) is 22.6. The number of alkyl halides is 1. The van der Waals surface area contributed by atoms with Gasteiger partial charge in [0.1, 0.15) is 11.9 Å². The zero-order valence-electron chi connectivity index (χ0n) is 17.2. The second kappa shape index (κ2) is 10.8. The molecule has 4 nitrogen and oxygen atoms in total. The molecule has 6 heteroatoms. The summed E-state index contributed by atoms with van der Waals surface area (Å²) < 4.78 is 0. The molecule has 0 bridgehead atoms. The Morgan fingerprint density at radius 2 is 1.67 bits per heavy atom. The van der Waals surface area contributed by atoms with E-state index in [1.807, 2.05) is 30.3 Å². The smallest absolute Gasteiger partial charge is 0.247 e. The molecule has 0 aromatic heterocycles. The molecule has 1 aliphatic rings. The molecular weight excluding hydrogens is 419 g/mol. The third kappa shape index (κ3) is 5.99. The first-order valence-corrected chi connectivity index (χ1v) is 11.3. The lowest BCUT2D eigenvalue weighted by molar-refractivity contribution is -0.140. The van der Waals surface area contributed by atoms with Crippen molar-refractivity contribution in [3.8, 4) is 0 Å². The molecule has 2 aromatic carbocycles. The van der Waals surface area contributed by atoms with Gasteiger partial charge in [-0.3, -0.25) is 9.59 Å². The Hall–Kier alpha value is -2.04. The summed E-state index contributed by atoms with van der Waals surface area (Å²) in [5.74, 6) is 0.0438.